The second kappa shape index (κ2) is 8.78. The zero-order chi connectivity index (χ0) is 21.0. The Hall–Kier alpha value is -3.33. The standard InChI is InChI=1S/C20H19N3O5S/c1-12-7-8-15(23(26)27)20(13(12)2)22-17(24)11-28-19(25)10-9-18-21-14-5-3-4-6-16(14)29-18/h3-8H,9-11H2,1-2H3,(H,22,24). The number of carbonyl (C=O) groups is 2. The maximum absolute atomic E-state index is 12.1. The Morgan fingerprint density at radius 2 is 1.97 bits per heavy atom. The third-order valence-electron chi connectivity index (χ3n) is 4.42. The van der Waals surface area contributed by atoms with Gasteiger partial charge >= 0.3 is 5.97 Å². The van der Waals surface area contributed by atoms with Gasteiger partial charge in [0.05, 0.1) is 26.6 Å². The van der Waals surface area contributed by atoms with Crippen LogP contribution in [-0.4, -0.2) is 28.4 Å². The minimum Gasteiger partial charge on any atom is -0.456 e. The van der Waals surface area contributed by atoms with Crippen LogP contribution in [0.4, 0.5) is 11.4 Å². The molecular weight excluding hydrogens is 394 g/mol. The molecule has 0 fully saturated rings. The number of rotatable bonds is 7. The Morgan fingerprint density at radius 3 is 2.69 bits per heavy atom. The number of esters is 1. The highest BCUT2D eigenvalue weighted by molar-refractivity contribution is 7.18. The van der Waals surface area contributed by atoms with Crippen LogP contribution < -0.4 is 5.32 Å². The summed E-state index contributed by atoms with van der Waals surface area (Å²) in [6.07, 6.45) is 0.513. The van der Waals surface area contributed by atoms with Crippen molar-refractivity contribution in [1.82, 2.24) is 4.98 Å². The summed E-state index contributed by atoms with van der Waals surface area (Å²) in [6.45, 7) is 2.96. The van der Waals surface area contributed by atoms with E-state index in [-0.39, 0.29) is 17.8 Å². The van der Waals surface area contributed by atoms with Gasteiger partial charge in [-0.1, -0.05) is 18.2 Å². The third kappa shape index (κ3) is 4.94. The number of nitrogens with one attached hydrogen (secondary N) is 1. The molecule has 29 heavy (non-hydrogen) atoms. The van der Waals surface area contributed by atoms with E-state index in [1.54, 1.807) is 19.9 Å². The van der Waals surface area contributed by atoms with Crippen LogP contribution in [0.1, 0.15) is 22.6 Å². The van der Waals surface area contributed by atoms with Crippen molar-refractivity contribution in [2.45, 2.75) is 26.7 Å². The lowest BCUT2D eigenvalue weighted by Crippen LogP contribution is -2.22. The van der Waals surface area contributed by atoms with Gasteiger partial charge in [0.2, 0.25) is 0 Å². The Kier molecular flexibility index (Phi) is 6.18. The quantitative estimate of drug-likeness (QED) is 0.357. The number of aromatic nitrogens is 1. The molecule has 150 valence electrons. The van der Waals surface area contributed by atoms with Gasteiger partial charge in [-0.3, -0.25) is 19.7 Å². The maximum atomic E-state index is 12.1. The average molecular weight is 413 g/mol. The number of benzene rings is 2. The zero-order valence-corrected chi connectivity index (χ0v) is 16.7. The summed E-state index contributed by atoms with van der Waals surface area (Å²) in [6, 6.07) is 10.7. The third-order valence-corrected chi connectivity index (χ3v) is 5.52. The molecule has 9 heteroatoms. The lowest BCUT2D eigenvalue weighted by molar-refractivity contribution is -0.384. The van der Waals surface area contributed by atoms with Crippen LogP contribution in [-0.2, 0) is 20.7 Å². The highest BCUT2D eigenvalue weighted by atomic mass is 32.1. The zero-order valence-electron chi connectivity index (χ0n) is 15.9. The van der Waals surface area contributed by atoms with E-state index in [1.807, 2.05) is 24.3 Å². The van der Waals surface area contributed by atoms with Gasteiger partial charge in [0.15, 0.2) is 6.61 Å². The van der Waals surface area contributed by atoms with Gasteiger partial charge in [-0.2, -0.15) is 0 Å². The van der Waals surface area contributed by atoms with Crippen LogP contribution in [0.15, 0.2) is 36.4 Å². The van der Waals surface area contributed by atoms with Gasteiger partial charge in [-0.05, 0) is 37.1 Å². The highest BCUT2D eigenvalue weighted by Crippen LogP contribution is 2.30. The van der Waals surface area contributed by atoms with Crippen molar-refractivity contribution >= 4 is 44.8 Å². The van der Waals surface area contributed by atoms with Crippen LogP contribution in [0.2, 0.25) is 0 Å². The number of nitro groups is 1. The summed E-state index contributed by atoms with van der Waals surface area (Å²) in [5, 5.41) is 14.5. The average Bonchev–Trinajstić information content (AvgIpc) is 3.11. The molecule has 0 atom stereocenters. The maximum Gasteiger partial charge on any atom is 0.306 e. The van der Waals surface area contributed by atoms with Crippen molar-refractivity contribution < 1.29 is 19.2 Å². The second-order valence-electron chi connectivity index (χ2n) is 6.44. The van der Waals surface area contributed by atoms with Crippen LogP contribution >= 0.6 is 11.3 Å². The molecule has 0 bridgehead atoms. The lowest BCUT2D eigenvalue weighted by Gasteiger charge is -2.11. The molecule has 0 saturated carbocycles. The Balaban J connectivity index is 1.53. The van der Waals surface area contributed by atoms with E-state index in [0.717, 1.165) is 20.8 Å². The van der Waals surface area contributed by atoms with E-state index < -0.39 is 23.4 Å². The molecule has 1 aromatic heterocycles. The van der Waals surface area contributed by atoms with E-state index in [4.69, 9.17) is 4.74 Å². The smallest absolute Gasteiger partial charge is 0.306 e. The largest absolute Gasteiger partial charge is 0.456 e. The summed E-state index contributed by atoms with van der Waals surface area (Å²) in [5.41, 5.74) is 2.19. The normalized spacial score (nSPS) is 10.7. The molecule has 3 aromatic rings. The number of hydrogen-bond acceptors (Lipinski definition) is 7. The summed E-state index contributed by atoms with van der Waals surface area (Å²) in [7, 11) is 0. The molecule has 0 spiro atoms. The fourth-order valence-electron chi connectivity index (χ4n) is 2.74. The molecule has 8 nitrogen and oxygen atoms in total. The molecule has 1 heterocycles. The van der Waals surface area contributed by atoms with E-state index in [2.05, 4.69) is 10.3 Å². The second-order valence-corrected chi connectivity index (χ2v) is 7.56. The first-order chi connectivity index (χ1) is 13.8. The molecule has 1 amide bonds. The molecule has 0 saturated heterocycles. The van der Waals surface area contributed by atoms with Gasteiger partial charge < -0.3 is 10.1 Å². The van der Waals surface area contributed by atoms with Crippen LogP contribution in [0.5, 0.6) is 0 Å². The number of aryl methyl sites for hydroxylation is 2. The number of para-hydroxylation sites is 1. The first-order valence-corrected chi connectivity index (χ1v) is 9.71. The number of ether oxygens (including phenoxy) is 1. The molecule has 3 rings (SSSR count). The van der Waals surface area contributed by atoms with Crippen molar-refractivity contribution in [1.29, 1.82) is 0 Å². The van der Waals surface area contributed by atoms with Crippen LogP contribution in [0, 0.1) is 24.0 Å². The molecule has 0 aliphatic rings. The first-order valence-electron chi connectivity index (χ1n) is 8.89. The van der Waals surface area contributed by atoms with Gasteiger partial charge in [0.25, 0.3) is 11.6 Å². The summed E-state index contributed by atoms with van der Waals surface area (Å²) >= 11 is 1.51. The summed E-state index contributed by atoms with van der Waals surface area (Å²) in [5.74, 6) is -1.16. The summed E-state index contributed by atoms with van der Waals surface area (Å²) in [4.78, 5) is 39.1. The summed E-state index contributed by atoms with van der Waals surface area (Å²) < 4.78 is 6.04. The molecular formula is C20H19N3O5S. The Bertz CT molecular complexity index is 1060. The number of hydrogen-bond donors (Lipinski definition) is 1. The highest BCUT2D eigenvalue weighted by Gasteiger charge is 2.20. The number of nitrogens with zero attached hydrogens (tertiary/aromatic N) is 2. The van der Waals surface area contributed by atoms with E-state index in [0.29, 0.717) is 12.0 Å². The minimum absolute atomic E-state index is 0.0940. The van der Waals surface area contributed by atoms with E-state index in [1.165, 1.54) is 17.4 Å². The monoisotopic (exact) mass is 413 g/mol. The Labute approximate surface area is 170 Å². The number of thiazole rings is 1. The van der Waals surface area contributed by atoms with Crippen molar-refractivity contribution in [2.24, 2.45) is 0 Å². The first kappa shape index (κ1) is 20.4. The SMILES string of the molecule is Cc1ccc([N+](=O)[O-])c(NC(=O)COC(=O)CCc2nc3ccccc3s2)c1C. The predicted octanol–water partition coefficient (Wildman–Crippen LogP) is 3.94. The molecule has 0 unspecified atom stereocenters. The fourth-order valence-corrected chi connectivity index (χ4v) is 3.71. The van der Waals surface area contributed by atoms with Crippen molar-refractivity contribution in [2.75, 3.05) is 11.9 Å². The molecule has 0 aliphatic heterocycles. The van der Waals surface area contributed by atoms with Gasteiger partial charge in [0.1, 0.15) is 5.69 Å². The molecule has 2 aromatic carbocycles. The fraction of sp³-hybridized carbons (Fsp3) is 0.250. The number of nitro benzene ring substituents is 1. The Morgan fingerprint density at radius 1 is 1.21 bits per heavy atom. The predicted molar refractivity (Wildman–Crippen MR) is 110 cm³/mol. The number of carbonyl (C=O) groups excluding carboxylic acids is 2. The minimum atomic E-state index is -0.630. The van der Waals surface area contributed by atoms with Crippen molar-refractivity contribution in [3.63, 3.8) is 0 Å². The van der Waals surface area contributed by atoms with Crippen LogP contribution in [0.3, 0.4) is 0 Å². The molecule has 0 aliphatic carbocycles. The van der Waals surface area contributed by atoms with E-state index >= 15 is 0 Å². The van der Waals surface area contributed by atoms with Gasteiger partial charge in [-0.15, -0.1) is 11.3 Å². The van der Waals surface area contributed by atoms with Crippen molar-refractivity contribution in [3.05, 3.63) is 62.6 Å². The number of anilines is 1. The van der Waals surface area contributed by atoms with Gasteiger partial charge in [0, 0.05) is 12.5 Å². The van der Waals surface area contributed by atoms with E-state index in [9.17, 15) is 19.7 Å². The van der Waals surface area contributed by atoms with Gasteiger partial charge in [-0.25, -0.2) is 4.98 Å². The number of fused-ring (bicyclic) bond motifs is 1. The molecule has 1 N–H and O–H groups in total. The van der Waals surface area contributed by atoms with Crippen LogP contribution in [0.25, 0.3) is 10.2 Å². The number of amides is 1. The lowest BCUT2D eigenvalue weighted by atomic mass is 10.1. The molecule has 0 radical (unpaired) electrons. The topological polar surface area (TPSA) is 111 Å². The van der Waals surface area contributed by atoms with Crippen molar-refractivity contribution in [3.8, 4) is 0 Å².